The predicted octanol–water partition coefficient (Wildman–Crippen LogP) is 1.43. The number of thiophene rings is 1. The third-order valence-electron chi connectivity index (χ3n) is 4.08. The zero-order valence-corrected chi connectivity index (χ0v) is 13.8. The molecule has 2 aliphatic heterocycles. The van der Waals surface area contributed by atoms with Gasteiger partial charge in [-0.25, -0.2) is 13.2 Å². The van der Waals surface area contributed by atoms with E-state index < -0.39 is 16.0 Å². The SMILES string of the molecule is CCC1C=CCN1S(=O)(=O)c1sc2c(c1C(=O)O)CCNC2. The van der Waals surface area contributed by atoms with E-state index in [4.69, 9.17) is 0 Å². The fraction of sp³-hybridized carbons (Fsp3) is 0.500. The fourth-order valence-corrected chi connectivity index (χ4v) is 6.57. The van der Waals surface area contributed by atoms with E-state index in [0.717, 1.165) is 16.2 Å². The molecule has 6 nitrogen and oxygen atoms in total. The molecule has 120 valence electrons. The molecule has 0 fully saturated rings. The molecule has 1 aromatic heterocycles. The third-order valence-corrected chi connectivity index (χ3v) is 7.70. The van der Waals surface area contributed by atoms with Crippen LogP contribution in [-0.4, -0.2) is 42.9 Å². The summed E-state index contributed by atoms with van der Waals surface area (Å²) in [6, 6.07) is -0.191. The van der Waals surface area contributed by atoms with Crippen molar-refractivity contribution < 1.29 is 18.3 Å². The number of aromatic carboxylic acids is 1. The van der Waals surface area contributed by atoms with Gasteiger partial charge < -0.3 is 10.4 Å². The van der Waals surface area contributed by atoms with Crippen LogP contribution in [0.4, 0.5) is 0 Å². The van der Waals surface area contributed by atoms with Gasteiger partial charge in [0.05, 0.1) is 5.56 Å². The summed E-state index contributed by atoms with van der Waals surface area (Å²) in [6.45, 7) is 3.43. The second kappa shape index (κ2) is 5.77. The number of hydrogen-bond acceptors (Lipinski definition) is 5. The van der Waals surface area contributed by atoms with Gasteiger partial charge in [-0.2, -0.15) is 4.31 Å². The summed E-state index contributed by atoms with van der Waals surface area (Å²) >= 11 is 1.10. The van der Waals surface area contributed by atoms with Crippen molar-refractivity contribution >= 4 is 27.3 Å². The maximum atomic E-state index is 13.0. The van der Waals surface area contributed by atoms with Gasteiger partial charge >= 0.3 is 5.97 Å². The van der Waals surface area contributed by atoms with Crippen LogP contribution in [0.3, 0.4) is 0 Å². The first-order chi connectivity index (χ1) is 10.5. The molecule has 1 atom stereocenters. The molecular formula is C14H18N2O4S2. The van der Waals surface area contributed by atoms with Crippen LogP contribution in [-0.2, 0) is 23.0 Å². The molecule has 0 radical (unpaired) electrons. The summed E-state index contributed by atoms with van der Waals surface area (Å²) in [5, 5.41) is 12.7. The van der Waals surface area contributed by atoms with Crippen LogP contribution in [0, 0.1) is 0 Å². The Balaban J connectivity index is 2.11. The molecule has 0 spiro atoms. The van der Waals surface area contributed by atoms with Crippen molar-refractivity contribution in [2.45, 2.75) is 36.6 Å². The number of hydrogen-bond donors (Lipinski definition) is 2. The van der Waals surface area contributed by atoms with Gasteiger partial charge in [0, 0.05) is 24.0 Å². The maximum Gasteiger partial charge on any atom is 0.338 e. The summed E-state index contributed by atoms with van der Waals surface area (Å²) < 4.78 is 27.3. The minimum atomic E-state index is -3.79. The van der Waals surface area contributed by atoms with Crippen molar-refractivity contribution in [3.63, 3.8) is 0 Å². The van der Waals surface area contributed by atoms with Gasteiger partial charge in [-0.05, 0) is 24.9 Å². The molecule has 0 bridgehead atoms. The molecule has 3 heterocycles. The van der Waals surface area contributed by atoms with E-state index in [-0.39, 0.29) is 15.8 Å². The molecule has 0 aromatic carbocycles. The van der Waals surface area contributed by atoms with Crippen LogP contribution in [0.1, 0.15) is 34.1 Å². The van der Waals surface area contributed by atoms with Crippen molar-refractivity contribution in [1.29, 1.82) is 0 Å². The highest BCUT2D eigenvalue weighted by atomic mass is 32.2. The molecule has 22 heavy (non-hydrogen) atoms. The molecule has 0 saturated carbocycles. The fourth-order valence-electron chi connectivity index (χ4n) is 2.98. The van der Waals surface area contributed by atoms with Gasteiger partial charge in [0.1, 0.15) is 4.21 Å². The molecule has 2 N–H and O–H groups in total. The first-order valence-corrected chi connectivity index (χ1v) is 9.49. The molecular weight excluding hydrogens is 324 g/mol. The van der Waals surface area contributed by atoms with Gasteiger partial charge in [0.25, 0.3) is 10.0 Å². The van der Waals surface area contributed by atoms with Crippen molar-refractivity contribution in [1.82, 2.24) is 9.62 Å². The van der Waals surface area contributed by atoms with Gasteiger partial charge in [-0.3, -0.25) is 0 Å². The van der Waals surface area contributed by atoms with Crippen molar-refractivity contribution in [3.8, 4) is 0 Å². The largest absolute Gasteiger partial charge is 0.478 e. The van der Waals surface area contributed by atoms with Crippen LogP contribution >= 0.6 is 11.3 Å². The highest BCUT2D eigenvalue weighted by molar-refractivity contribution is 7.91. The highest BCUT2D eigenvalue weighted by Crippen LogP contribution is 2.37. The minimum Gasteiger partial charge on any atom is -0.478 e. The molecule has 0 aliphatic carbocycles. The van der Waals surface area contributed by atoms with E-state index in [1.807, 2.05) is 19.1 Å². The summed E-state index contributed by atoms with van der Waals surface area (Å²) in [4.78, 5) is 12.5. The van der Waals surface area contributed by atoms with Gasteiger partial charge in [-0.15, -0.1) is 11.3 Å². The van der Waals surface area contributed by atoms with Gasteiger partial charge in [0.2, 0.25) is 0 Å². The normalized spacial score (nSPS) is 22.0. The van der Waals surface area contributed by atoms with E-state index in [2.05, 4.69) is 5.32 Å². The summed E-state index contributed by atoms with van der Waals surface area (Å²) in [5.41, 5.74) is 0.651. The number of carbonyl (C=O) groups is 1. The van der Waals surface area contributed by atoms with E-state index >= 15 is 0 Å². The van der Waals surface area contributed by atoms with E-state index in [9.17, 15) is 18.3 Å². The molecule has 1 aromatic rings. The zero-order valence-electron chi connectivity index (χ0n) is 12.2. The van der Waals surface area contributed by atoms with Crippen molar-refractivity contribution in [2.75, 3.05) is 13.1 Å². The number of nitrogens with one attached hydrogen (secondary N) is 1. The molecule has 0 amide bonds. The Morgan fingerprint density at radius 3 is 3.00 bits per heavy atom. The van der Waals surface area contributed by atoms with Crippen LogP contribution in [0.25, 0.3) is 0 Å². The lowest BCUT2D eigenvalue weighted by Gasteiger charge is -2.22. The average molecular weight is 342 g/mol. The van der Waals surface area contributed by atoms with Crippen LogP contribution < -0.4 is 5.32 Å². The third kappa shape index (κ3) is 2.40. The summed E-state index contributed by atoms with van der Waals surface area (Å²) in [7, 11) is -3.79. The Morgan fingerprint density at radius 1 is 1.55 bits per heavy atom. The number of carboxylic acids is 1. The second-order valence-corrected chi connectivity index (χ2v) is 8.57. The number of carboxylic acid groups (broad SMARTS) is 1. The Morgan fingerprint density at radius 2 is 2.32 bits per heavy atom. The molecule has 1 unspecified atom stereocenters. The number of sulfonamides is 1. The summed E-state index contributed by atoms with van der Waals surface area (Å²) in [6.07, 6.45) is 4.91. The molecule has 2 aliphatic rings. The van der Waals surface area contributed by atoms with Crippen LogP contribution in [0.5, 0.6) is 0 Å². The first kappa shape index (κ1) is 15.7. The van der Waals surface area contributed by atoms with E-state index in [1.54, 1.807) is 0 Å². The smallest absolute Gasteiger partial charge is 0.338 e. The van der Waals surface area contributed by atoms with Crippen LogP contribution in [0.2, 0.25) is 0 Å². The summed E-state index contributed by atoms with van der Waals surface area (Å²) in [5.74, 6) is -1.15. The second-order valence-electron chi connectivity index (χ2n) is 5.38. The van der Waals surface area contributed by atoms with E-state index in [0.29, 0.717) is 38.0 Å². The van der Waals surface area contributed by atoms with Gasteiger partial charge in [-0.1, -0.05) is 19.1 Å². The highest BCUT2D eigenvalue weighted by Gasteiger charge is 2.38. The molecule has 0 saturated heterocycles. The quantitative estimate of drug-likeness (QED) is 0.809. The number of nitrogens with zero attached hydrogens (tertiary/aromatic N) is 1. The zero-order chi connectivity index (χ0) is 15.9. The standard InChI is InChI=1S/C14H18N2O4S2/c1-2-9-4-3-7-16(9)22(19,20)14-12(13(17)18)10-5-6-15-8-11(10)21-14/h3-4,9,15H,2,5-8H2,1H3,(H,17,18). The maximum absolute atomic E-state index is 13.0. The lowest BCUT2D eigenvalue weighted by atomic mass is 10.1. The number of fused-ring (bicyclic) bond motifs is 1. The molecule has 8 heteroatoms. The molecule has 3 rings (SSSR count). The Kier molecular flexibility index (Phi) is 4.11. The van der Waals surface area contributed by atoms with E-state index in [1.165, 1.54) is 4.31 Å². The first-order valence-electron chi connectivity index (χ1n) is 7.23. The lowest BCUT2D eigenvalue weighted by Crippen LogP contribution is -2.36. The topological polar surface area (TPSA) is 86.7 Å². The average Bonchev–Trinajstić information content (AvgIpc) is 3.11. The van der Waals surface area contributed by atoms with Crippen LogP contribution in [0.15, 0.2) is 16.4 Å². The minimum absolute atomic E-state index is 0.0177. The lowest BCUT2D eigenvalue weighted by molar-refractivity contribution is 0.0692. The monoisotopic (exact) mass is 342 g/mol. The Labute approximate surface area is 133 Å². The van der Waals surface area contributed by atoms with Crippen molar-refractivity contribution in [2.24, 2.45) is 0 Å². The Bertz CT molecular complexity index is 736. The Hall–Kier alpha value is -1.22. The van der Waals surface area contributed by atoms with Crippen molar-refractivity contribution in [3.05, 3.63) is 28.2 Å². The predicted molar refractivity (Wildman–Crippen MR) is 83.8 cm³/mol. The van der Waals surface area contributed by atoms with Gasteiger partial charge in [0.15, 0.2) is 0 Å². The number of rotatable bonds is 4.